The van der Waals surface area contributed by atoms with Crippen LogP contribution >= 0.6 is 0 Å². The second-order valence-corrected chi connectivity index (χ2v) is 4.86. The molecule has 17 heavy (non-hydrogen) atoms. The number of halogens is 1. The average Bonchev–Trinajstić information content (AvgIpc) is 2.31. The molecule has 0 bridgehead atoms. The molecule has 0 aromatic heterocycles. The molecule has 1 atom stereocenters. The van der Waals surface area contributed by atoms with Gasteiger partial charge in [-0.1, -0.05) is 6.07 Å². The summed E-state index contributed by atoms with van der Waals surface area (Å²) in [5, 5.41) is 0. The van der Waals surface area contributed by atoms with Crippen molar-refractivity contribution in [2.45, 2.75) is 38.6 Å². The molecule has 2 nitrogen and oxygen atoms in total. The van der Waals surface area contributed by atoms with E-state index in [1.807, 2.05) is 12.1 Å². The molecule has 1 aromatic carbocycles. The molecule has 0 amide bonds. The average molecular weight is 236 g/mol. The number of rotatable bonds is 3. The molecule has 1 aliphatic rings. The fourth-order valence-corrected chi connectivity index (χ4v) is 2.56. The Labute approximate surface area is 103 Å². The number of hydrogen-bond acceptors (Lipinski definition) is 2. The third-order valence-corrected chi connectivity index (χ3v) is 3.56. The molecule has 1 unspecified atom stereocenters. The van der Waals surface area contributed by atoms with Crippen LogP contribution in [0.4, 0.5) is 10.1 Å². The normalized spacial score (nSPS) is 20.6. The van der Waals surface area contributed by atoms with E-state index in [1.54, 1.807) is 6.07 Å². The molecular formula is C14H21FN2. The quantitative estimate of drug-likeness (QED) is 0.874. The van der Waals surface area contributed by atoms with E-state index in [4.69, 9.17) is 5.73 Å². The van der Waals surface area contributed by atoms with Gasteiger partial charge in [-0.25, -0.2) is 4.39 Å². The summed E-state index contributed by atoms with van der Waals surface area (Å²) in [5.41, 5.74) is 7.21. The summed E-state index contributed by atoms with van der Waals surface area (Å²) in [6.07, 6.45) is 4.32. The number of anilines is 1. The molecule has 94 valence electrons. The van der Waals surface area contributed by atoms with Gasteiger partial charge in [-0.2, -0.15) is 0 Å². The summed E-state index contributed by atoms with van der Waals surface area (Å²) in [7, 11) is 0. The van der Waals surface area contributed by atoms with E-state index in [0.29, 0.717) is 12.6 Å². The van der Waals surface area contributed by atoms with Gasteiger partial charge >= 0.3 is 0 Å². The maximum absolute atomic E-state index is 14.0. The SMILES string of the molecule is CC1CCCCN1c1ccc(CCN)cc1F. The Bertz CT molecular complexity index is 378. The van der Waals surface area contributed by atoms with Gasteiger partial charge in [0.25, 0.3) is 0 Å². The largest absolute Gasteiger partial charge is 0.366 e. The van der Waals surface area contributed by atoms with Gasteiger partial charge in [-0.3, -0.25) is 0 Å². The Kier molecular flexibility index (Phi) is 4.00. The van der Waals surface area contributed by atoms with Crippen LogP contribution in [0.5, 0.6) is 0 Å². The highest BCUT2D eigenvalue weighted by molar-refractivity contribution is 5.50. The van der Waals surface area contributed by atoms with E-state index >= 15 is 0 Å². The molecule has 0 aliphatic carbocycles. The zero-order chi connectivity index (χ0) is 12.3. The molecule has 0 spiro atoms. The van der Waals surface area contributed by atoms with Gasteiger partial charge in [-0.05, 0) is 56.8 Å². The van der Waals surface area contributed by atoms with E-state index in [2.05, 4.69) is 11.8 Å². The first kappa shape index (κ1) is 12.4. The van der Waals surface area contributed by atoms with Gasteiger partial charge in [0.05, 0.1) is 5.69 Å². The lowest BCUT2D eigenvalue weighted by atomic mass is 10.0. The summed E-state index contributed by atoms with van der Waals surface area (Å²) in [6.45, 7) is 3.71. The lowest BCUT2D eigenvalue weighted by Crippen LogP contribution is -2.37. The zero-order valence-corrected chi connectivity index (χ0v) is 10.5. The molecule has 1 aliphatic heterocycles. The van der Waals surface area contributed by atoms with Crippen molar-refractivity contribution in [3.8, 4) is 0 Å². The van der Waals surface area contributed by atoms with Crippen molar-refractivity contribution in [1.82, 2.24) is 0 Å². The molecule has 2 rings (SSSR count). The van der Waals surface area contributed by atoms with Crippen molar-refractivity contribution in [1.29, 1.82) is 0 Å². The van der Waals surface area contributed by atoms with Crippen LogP contribution in [0.25, 0.3) is 0 Å². The van der Waals surface area contributed by atoms with Crippen molar-refractivity contribution in [3.05, 3.63) is 29.6 Å². The Balaban J connectivity index is 2.20. The number of piperidine rings is 1. The van der Waals surface area contributed by atoms with Crippen LogP contribution in [0.15, 0.2) is 18.2 Å². The van der Waals surface area contributed by atoms with E-state index in [9.17, 15) is 4.39 Å². The number of nitrogens with zero attached hydrogens (tertiary/aromatic N) is 1. The third kappa shape index (κ3) is 2.78. The minimum atomic E-state index is -0.107. The van der Waals surface area contributed by atoms with Crippen molar-refractivity contribution in [2.75, 3.05) is 18.0 Å². The van der Waals surface area contributed by atoms with Gasteiger partial charge in [-0.15, -0.1) is 0 Å². The molecule has 1 fully saturated rings. The molecule has 1 heterocycles. The summed E-state index contributed by atoms with van der Waals surface area (Å²) in [4.78, 5) is 2.19. The van der Waals surface area contributed by atoms with Crippen molar-refractivity contribution >= 4 is 5.69 Å². The molecule has 1 saturated heterocycles. The van der Waals surface area contributed by atoms with Gasteiger partial charge < -0.3 is 10.6 Å². The second kappa shape index (κ2) is 5.50. The molecule has 1 aromatic rings. The predicted molar refractivity (Wildman–Crippen MR) is 69.8 cm³/mol. The first-order chi connectivity index (χ1) is 8.22. The summed E-state index contributed by atoms with van der Waals surface area (Å²) in [5.74, 6) is -0.107. The fraction of sp³-hybridized carbons (Fsp3) is 0.571. The Morgan fingerprint density at radius 1 is 1.41 bits per heavy atom. The van der Waals surface area contributed by atoms with Crippen LogP contribution in [-0.2, 0) is 6.42 Å². The number of hydrogen-bond donors (Lipinski definition) is 1. The number of benzene rings is 1. The Morgan fingerprint density at radius 3 is 2.88 bits per heavy atom. The smallest absolute Gasteiger partial charge is 0.146 e. The molecule has 0 radical (unpaired) electrons. The fourth-order valence-electron chi connectivity index (χ4n) is 2.56. The zero-order valence-electron chi connectivity index (χ0n) is 10.5. The summed E-state index contributed by atoms with van der Waals surface area (Å²) in [6, 6.07) is 5.97. The molecule has 0 saturated carbocycles. The van der Waals surface area contributed by atoms with Crippen LogP contribution in [0.3, 0.4) is 0 Å². The van der Waals surface area contributed by atoms with Gasteiger partial charge in [0.15, 0.2) is 0 Å². The maximum Gasteiger partial charge on any atom is 0.146 e. The van der Waals surface area contributed by atoms with Crippen molar-refractivity contribution in [2.24, 2.45) is 5.73 Å². The Morgan fingerprint density at radius 2 is 2.24 bits per heavy atom. The standard InChI is InChI=1S/C14H21FN2/c1-11-4-2-3-9-17(11)14-6-5-12(7-8-16)10-13(14)15/h5-6,10-11H,2-4,7-9,16H2,1H3. The van der Waals surface area contributed by atoms with Crippen LogP contribution in [0, 0.1) is 5.82 Å². The monoisotopic (exact) mass is 236 g/mol. The predicted octanol–water partition coefficient (Wildman–Crippen LogP) is 2.71. The van der Waals surface area contributed by atoms with Crippen LogP contribution in [0.2, 0.25) is 0 Å². The van der Waals surface area contributed by atoms with Gasteiger partial charge in [0.2, 0.25) is 0 Å². The van der Waals surface area contributed by atoms with Gasteiger partial charge in [0.1, 0.15) is 5.82 Å². The Hall–Kier alpha value is -1.09. The summed E-state index contributed by atoms with van der Waals surface area (Å²) >= 11 is 0. The highest BCUT2D eigenvalue weighted by Gasteiger charge is 2.21. The van der Waals surface area contributed by atoms with Crippen molar-refractivity contribution in [3.63, 3.8) is 0 Å². The van der Waals surface area contributed by atoms with Gasteiger partial charge in [0, 0.05) is 12.6 Å². The lowest BCUT2D eigenvalue weighted by molar-refractivity contribution is 0.475. The molecular weight excluding hydrogens is 215 g/mol. The second-order valence-electron chi connectivity index (χ2n) is 4.86. The first-order valence-electron chi connectivity index (χ1n) is 6.47. The van der Waals surface area contributed by atoms with E-state index in [1.165, 1.54) is 6.42 Å². The molecule has 3 heteroatoms. The van der Waals surface area contributed by atoms with Crippen LogP contribution in [-0.4, -0.2) is 19.1 Å². The maximum atomic E-state index is 14.0. The number of nitrogens with two attached hydrogens (primary N) is 1. The van der Waals surface area contributed by atoms with E-state index in [0.717, 1.165) is 37.1 Å². The topological polar surface area (TPSA) is 29.3 Å². The van der Waals surface area contributed by atoms with Crippen LogP contribution in [0.1, 0.15) is 31.7 Å². The van der Waals surface area contributed by atoms with E-state index in [-0.39, 0.29) is 5.82 Å². The first-order valence-corrected chi connectivity index (χ1v) is 6.47. The minimum Gasteiger partial charge on any atom is -0.366 e. The minimum absolute atomic E-state index is 0.107. The third-order valence-electron chi connectivity index (χ3n) is 3.56. The molecule has 2 N–H and O–H groups in total. The summed E-state index contributed by atoms with van der Waals surface area (Å²) < 4.78 is 14.0. The van der Waals surface area contributed by atoms with E-state index < -0.39 is 0 Å². The van der Waals surface area contributed by atoms with Crippen LogP contribution < -0.4 is 10.6 Å². The lowest BCUT2D eigenvalue weighted by Gasteiger charge is -2.35. The highest BCUT2D eigenvalue weighted by Crippen LogP contribution is 2.27. The van der Waals surface area contributed by atoms with Crippen molar-refractivity contribution < 1.29 is 4.39 Å². The highest BCUT2D eigenvalue weighted by atomic mass is 19.1.